The first kappa shape index (κ1) is 19.4. The van der Waals surface area contributed by atoms with Crippen LogP contribution in [-0.4, -0.2) is 23.2 Å². The highest BCUT2D eigenvalue weighted by atomic mass is 32.1. The minimum absolute atomic E-state index is 0.164. The van der Waals surface area contributed by atoms with E-state index in [-0.39, 0.29) is 11.5 Å². The Bertz CT molecular complexity index is 762. The van der Waals surface area contributed by atoms with Gasteiger partial charge in [0.25, 0.3) is 0 Å². The minimum atomic E-state index is -0.341. The Hall–Kier alpha value is -1.92. The molecular formula is C19H24N2O2S2. The molecule has 1 aromatic heterocycles. The van der Waals surface area contributed by atoms with E-state index in [1.54, 1.807) is 6.92 Å². The monoisotopic (exact) mass is 376 g/mol. The van der Waals surface area contributed by atoms with Crippen molar-refractivity contribution in [2.24, 2.45) is 0 Å². The SMILES string of the molecule is CCOC(=O)c1c(NC(=S)NC(C)(C)C)sc(C)c1-c1ccccc1. The Kier molecular flexibility index (Phi) is 6.19. The molecule has 0 bridgehead atoms. The molecule has 2 aromatic rings. The van der Waals surface area contributed by atoms with Crippen molar-refractivity contribution in [2.75, 3.05) is 11.9 Å². The first-order valence-electron chi connectivity index (χ1n) is 8.18. The summed E-state index contributed by atoms with van der Waals surface area (Å²) in [7, 11) is 0. The third-order valence-corrected chi connectivity index (χ3v) is 4.57. The fourth-order valence-corrected chi connectivity index (χ4v) is 4.00. The maximum Gasteiger partial charge on any atom is 0.341 e. The van der Waals surface area contributed by atoms with Crippen LogP contribution in [0.25, 0.3) is 11.1 Å². The summed E-state index contributed by atoms with van der Waals surface area (Å²) < 4.78 is 5.29. The van der Waals surface area contributed by atoms with Crippen molar-refractivity contribution >= 4 is 39.6 Å². The first-order chi connectivity index (χ1) is 11.7. The smallest absolute Gasteiger partial charge is 0.341 e. The Balaban J connectivity index is 2.46. The molecule has 4 nitrogen and oxygen atoms in total. The van der Waals surface area contributed by atoms with Crippen molar-refractivity contribution in [1.29, 1.82) is 0 Å². The molecule has 0 aliphatic carbocycles. The van der Waals surface area contributed by atoms with E-state index in [0.29, 0.717) is 22.3 Å². The van der Waals surface area contributed by atoms with Gasteiger partial charge in [-0.25, -0.2) is 4.79 Å². The molecule has 0 saturated carbocycles. The summed E-state index contributed by atoms with van der Waals surface area (Å²) in [6, 6.07) is 9.86. The van der Waals surface area contributed by atoms with E-state index in [1.165, 1.54) is 11.3 Å². The van der Waals surface area contributed by atoms with Gasteiger partial charge in [0.05, 0.1) is 6.61 Å². The van der Waals surface area contributed by atoms with Gasteiger partial charge in [-0.3, -0.25) is 0 Å². The molecule has 0 fully saturated rings. The van der Waals surface area contributed by atoms with Crippen molar-refractivity contribution in [3.63, 3.8) is 0 Å². The number of rotatable bonds is 4. The van der Waals surface area contributed by atoms with Gasteiger partial charge in [-0.15, -0.1) is 11.3 Å². The van der Waals surface area contributed by atoms with Crippen molar-refractivity contribution in [2.45, 2.75) is 40.2 Å². The standard InChI is InChI=1S/C19H24N2O2S2/c1-6-23-17(22)15-14(13-10-8-7-9-11-13)12(2)25-16(15)20-18(24)21-19(3,4)5/h7-11H,6H2,1-5H3,(H2,20,21,24). The number of ether oxygens (including phenoxy) is 1. The summed E-state index contributed by atoms with van der Waals surface area (Å²) in [6.07, 6.45) is 0. The summed E-state index contributed by atoms with van der Waals surface area (Å²) in [5.41, 5.74) is 2.25. The molecule has 0 atom stereocenters. The van der Waals surface area contributed by atoms with E-state index < -0.39 is 0 Å². The zero-order valence-corrected chi connectivity index (χ0v) is 16.9. The van der Waals surface area contributed by atoms with Crippen LogP contribution in [0.2, 0.25) is 0 Å². The van der Waals surface area contributed by atoms with Crippen LogP contribution in [0.5, 0.6) is 0 Å². The van der Waals surface area contributed by atoms with Crippen molar-refractivity contribution < 1.29 is 9.53 Å². The molecule has 0 aliphatic heterocycles. The molecule has 0 spiro atoms. The highest BCUT2D eigenvalue weighted by molar-refractivity contribution is 7.80. The second-order valence-corrected chi connectivity index (χ2v) is 8.29. The van der Waals surface area contributed by atoms with E-state index in [0.717, 1.165) is 16.0 Å². The third kappa shape index (κ3) is 5.03. The molecule has 0 saturated heterocycles. The Morgan fingerprint density at radius 3 is 2.44 bits per heavy atom. The normalized spacial score (nSPS) is 11.1. The largest absolute Gasteiger partial charge is 0.462 e. The van der Waals surface area contributed by atoms with Crippen molar-refractivity contribution in [1.82, 2.24) is 5.32 Å². The number of nitrogens with one attached hydrogen (secondary N) is 2. The lowest BCUT2D eigenvalue weighted by Gasteiger charge is -2.23. The third-order valence-electron chi connectivity index (χ3n) is 3.34. The van der Waals surface area contributed by atoms with Gasteiger partial charge in [0.15, 0.2) is 5.11 Å². The van der Waals surface area contributed by atoms with Crippen LogP contribution in [0.15, 0.2) is 30.3 Å². The Labute approximate surface area is 158 Å². The maximum absolute atomic E-state index is 12.6. The van der Waals surface area contributed by atoms with Crippen LogP contribution in [0.4, 0.5) is 5.00 Å². The molecule has 0 unspecified atom stereocenters. The summed E-state index contributed by atoms with van der Waals surface area (Å²) in [4.78, 5) is 13.7. The van der Waals surface area contributed by atoms with Gasteiger partial charge in [0, 0.05) is 16.0 Å². The van der Waals surface area contributed by atoms with E-state index in [1.807, 2.05) is 58.0 Å². The lowest BCUT2D eigenvalue weighted by molar-refractivity contribution is 0.0529. The Morgan fingerprint density at radius 1 is 1.24 bits per heavy atom. The quantitative estimate of drug-likeness (QED) is 0.582. The molecule has 1 heterocycles. The Morgan fingerprint density at radius 2 is 1.88 bits per heavy atom. The average molecular weight is 377 g/mol. The van der Waals surface area contributed by atoms with Gasteiger partial charge in [-0.05, 0) is 52.4 Å². The van der Waals surface area contributed by atoms with Crippen molar-refractivity contribution in [3.8, 4) is 11.1 Å². The number of hydrogen-bond donors (Lipinski definition) is 2. The zero-order valence-electron chi connectivity index (χ0n) is 15.2. The second-order valence-electron chi connectivity index (χ2n) is 6.65. The number of esters is 1. The first-order valence-corrected chi connectivity index (χ1v) is 9.40. The predicted octanol–water partition coefficient (Wildman–Crippen LogP) is 4.99. The highest BCUT2D eigenvalue weighted by Gasteiger charge is 2.25. The number of carbonyl (C=O) groups excluding carboxylic acids is 1. The number of hydrogen-bond acceptors (Lipinski definition) is 4. The van der Waals surface area contributed by atoms with Crippen molar-refractivity contribution in [3.05, 3.63) is 40.8 Å². The number of carbonyl (C=O) groups is 1. The molecule has 0 aliphatic rings. The zero-order chi connectivity index (χ0) is 18.6. The fraction of sp³-hybridized carbons (Fsp3) is 0.368. The number of thiocarbonyl (C=S) groups is 1. The van der Waals surface area contributed by atoms with Crippen LogP contribution >= 0.6 is 23.6 Å². The van der Waals surface area contributed by atoms with E-state index in [4.69, 9.17) is 17.0 Å². The van der Waals surface area contributed by atoms with E-state index in [9.17, 15) is 4.79 Å². The number of benzene rings is 1. The molecule has 2 rings (SSSR count). The van der Waals surface area contributed by atoms with Gasteiger partial charge in [-0.1, -0.05) is 30.3 Å². The van der Waals surface area contributed by atoms with E-state index >= 15 is 0 Å². The summed E-state index contributed by atoms with van der Waals surface area (Å²) in [6.45, 7) is 10.2. The topological polar surface area (TPSA) is 50.4 Å². The molecule has 2 N–H and O–H groups in total. The van der Waals surface area contributed by atoms with Crippen LogP contribution in [0.3, 0.4) is 0 Å². The van der Waals surface area contributed by atoms with Crippen LogP contribution < -0.4 is 10.6 Å². The fourth-order valence-electron chi connectivity index (χ4n) is 2.46. The van der Waals surface area contributed by atoms with Gasteiger partial charge in [0.1, 0.15) is 10.6 Å². The molecule has 6 heteroatoms. The maximum atomic E-state index is 12.6. The predicted molar refractivity (Wildman–Crippen MR) is 110 cm³/mol. The molecular weight excluding hydrogens is 352 g/mol. The number of anilines is 1. The summed E-state index contributed by atoms with van der Waals surface area (Å²) >= 11 is 6.90. The van der Waals surface area contributed by atoms with Crippen LogP contribution in [0, 0.1) is 6.92 Å². The summed E-state index contributed by atoms with van der Waals surface area (Å²) in [5.74, 6) is -0.341. The molecule has 25 heavy (non-hydrogen) atoms. The average Bonchev–Trinajstić information content (AvgIpc) is 2.82. The molecule has 134 valence electrons. The van der Waals surface area contributed by atoms with Crippen LogP contribution in [0.1, 0.15) is 42.9 Å². The minimum Gasteiger partial charge on any atom is -0.462 e. The summed E-state index contributed by atoms with van der Waals surface area (Å²) in [5, 5.41) is 7.57. The molecule has 1 aromatic carbocycles. The number of thiophene rings is 1. The lowest BCUT2D eigenvalue weighted by Crippen LogP contribution is -2.43. The van der Waals surface area contributed by atoms with E-state index in [2.05, 4.69) is 10.6 Å². The van der Waals surface area contributed by atoms with Gasteiger partial charge in [-0.2, -0.15) is 0 Å². The van der Waals surface area contributed by atoms with Gasteiger partial charge < -0.3 is 15.4 Å². The van der Waals surface area contributed by atoms with Crippen LogP contribution in [-0.2, 0) is 4.74 Å². The van der Waals surface area contributed by atoms with Gasteiger partial charge >= 0.3 is 5.97 Å². The number of aryl methyl sites for hydroxylation is 1. The molecule has 0 amide bonds. The lowest BCUT2D eigenvalue weighted by atomic mass is 10.0. The highest BCUT2D eigenvalue weighted by Crippen LogP contribution is 2.40. The molecule has 0 radical (unpaired) electrons. The second kappa shape index (κ2) is 7.97. The van der Waals surface area contributed by atoms with Gasteiger partial charge in [0.2, 0.25) is 0 Å².